The molecule has 0 saturated heterocycles. The maximum absolute atomic E-state index is 12.3. The molecule has 124 valence electrons. The first-order valence-corrected chi connectivity index (χ1v) is 7.80. The zero-order valence-electron chi connectivity index (χ0n) is 13.9. The number of rotatable bonds is 7. The summed E-state index contributed by atoms with van der Waals surface area (Å²) in [6.07, 6.45) is 4.94. The highest BCUT2D eigenvalue weighted by Gasteiger charge is 2.17. The summed E-state index contributed by atoms with van der Waals surface area (Å²) in [5.74, 6) is 0.556. The number of amides is 1. The molecule has 0 atom stereocenters. The maximum atomic E-state index is 12.3. The van der Waals surface area contributed by atoms with Gasteiger partial charge in [0.05, 0.1) is 17.5 Å². The molecule has 0 unspecified atom stereocenters. The largest absolute Gasteiger partial charge is 0.396 e. The van der Waals surface area contributed by atoms with Crippen molar-refractivity contribution in [2.45, 2.75) is 33.6 Å². The number of aliphatic hydroxyl groups excluding tert-OH is 1. The van der Waals surface area contributed by atoms with Crippen LogP contribution in [0.25, 0.3) is 5.82 Å². The number of nitrogens with one attached hydrogen (secondary N) is 1. The molecule has 0 saturated carbocycles. The van der Waals surface area contributed by atoms with Crippen LogP contribution in [-0.2, 0) is 0 Å². The zero-order valence-corrected chi connectivity index (χ0v) is 13.9. The second-order valence-corrected chi connectivity index (χ2v) is 6.43. The topological polar surface area (TPSA) is 80.0 Å². The van der Waals surface area contributed by atoms with Crippen molar-refractivity contribution in [3.63, 3.8) is 0 Å². The second kappa shape index (κ2) is 7.37. The van der Waals surface area contributed by atoms with Gasteiger partial charge >= 0.3 is 0 Å². The molecule has 0 aliphatic heterocycles. The standard InChI is InChI=1S/C17H24N4O2/c1-13-14(11-20-21(13)15-7-4-5-9-18-15)16(23)19-10-6-8-17(2,3)12-22/h4-5,7,9,11,22H,6,8,10,12H2,1-3H3,(H,19,23). The Labute approximate surface area is 136 Å². The number of carbonyl (C=O) groups excluding carboxylic acids is 1. The highest BCUT2D eigenvalue weighted by Crippen LogP contribution is 2.20. The Bertz CT molecular complexity index is 650. The van der Waals surface area contributed by atoms with E-state index in [9.17, 15) is 9.90 Å². The molecular weight excluding hydrogens is 292 g/mol. The minimum atomic E-state index is -0.133. The summed E-state index contributed by atoms with van der Waals surface area (Å²) in [6.45, 7) is 6.60. The molecule has 1 amide bonds. The third-order valence-electron chi connectivity index (χ3n) is 3.86. The van der Waals surface area contributed by atoms with E-state index in [4.69, 9.17) is 0 Å². The van der Waals surface area contributed by atoms with Crippen molar-refractivity contribution in [1.82, 2.24) is 20.1 Å². The summed E-state index contributed by atoms with van der Waals surface area (Å²) >= 11 is 0. The first-order chi connectivity index (χ1) is 10.9. The molecule has 0 radical (unpaired) electrons. The molecule has 0 aromatic carbocycles. The van der Waals surface area contributed by atoms with Crippen LogP contribution in [0.5, 0.6) is 0 Å². The molecule has 2 rings (SSSR count). The SMILES string of the molecule is Cc1c(C(=O)NCCCC(C)(C)CO)cnn1-c1ccccn1. The molecule has 6 heteroatoms. The van der Waals surface area contributed by atoms with E-state index in [2.05, 4.69) is 15.4 Å². The normalized spacial score (nSPS) is 11.5. The molecule has 2 aromatic heterocycles. The molecule has 2 aromatic rings. The van der Waals surface area contributed by atoms with E-state index in [-0.39, 0.29) is 17.9 Å². The highest BCUT2D eigenvalue weighted by atomic mass is 16.3. The predicted molar refractivity (Wildman–Crippen MR) is 88.5 cm³/mol. The van der Waals surface area contributed by atoms with Gasteiger partial charge in [0, 0.05) is 19.3 Å². The van der Waals surface area contributed by atoms with E-state index < -0.39 is 0 Å². The minimum Gasteiger partial charge on any atom is -0.396 e. The van der Waals surface area contributed by atoms with E-state index >= 15 is 0 Å². The van der Waals surface area contributed by atoms with Gasteiger partial charge < -0.3 is 10.4 Å². The maximum Gasteiger partial charge on any atom is 0.254 e. The lowest BCUT2D eigenvalue weighted by Crippen LogP contribution is -2.26. The van der Waals surface area contributed by atoms with E-state index in [1.54, 1.807) is 17.1 Å². The Kier molecular flexibility index (Phi) is 5.50. The van der Waals surface area contributed by atoms with E-state index in [1.807, 2.05) is 39.0 Å². The quantitative estimate of drug-likeness (QED) is 0.767. The molecule has 0 bridgehead atoms. The Hall–Kier alpha value is -2.21. The van der Waals surface area contributed by atoms with Crippen molar-refractivity contribution in [1.29, 1.82) is 0 Å². The number of pyridine rings is 1. The summed E-state index contributed by atoms with van der Waals surface area (Å²) in [5.41, 5.74) is 1.21. The molecule has 2 N–H and O–H groups in total. The lowest BCUT2D eigenvalue weighted by atomic mass is 9.89. The Morgan fingerprint density at radius 3 is 2.83 bits per heavy atom. The van der Waals surface area contributed by atoms with Crippen molar-refractivity contribution in [2.24, 2.45) is 5.41 Å². The number of hydrogen-bond donors (Lipinski definition) is 2. The third kappa shape index (κ3) is 4.39. The number of hydrogen-bond acceptors (Lipinski definition) is 4. The summed E-state index contributed by atoms with van der Waals surface area (Å²) < 4.78 is 1.66. The number of aromatic nitrogens is 3. The van der Waals surface area contributed by atoms with Crippen LogP contribution < -0.4 is 5.32 Å². The Morgan fingerprint density at radius 1 is 1.39 bits per heavy atom. The van der Waals surface area contributed by atoms with Crippen LogP contribution >= 0.6 is 0 Å². The van der Waals surface area contributed by atoms with Gasteiger partial charge in [0.2, 0.25) is 0 Å². The summed E-state index contributed by atoms with van der Waals surface area (Å²) in [4.78, 5) is 16.5. The fourth-order valence-corrected chi connectivity index (χ4v) is 2.29. The Morgan fingerprint density at radius 2 is 2.17 bits per heavy atom. The van der Waals surface area contributed by atoms with Crippen LogP contribution in [0, 0.1) is 12.3 Å². The van der Waals surface area contributed by atoms with Crippen LogP contribution in [0.4, 0.5) is 0 Å². The van der Waals surface area contributed by atoms with Gasteiger partial charge in [-0.25, -0.2) is 9.67 Å². The number of nitrogens with zero attached hydrogens (tertiary/aromatic N) is 3. The molecule has 0 fully saturated rings. The molecule has 6 nitrogen and oxygen atoms in total. The van der Waals surface area contributed by atoms with Crippen molar-refractivity contribution in [3.05, 3.63) is 41.9 Å². The third-order valence-corrected chi connectivity index (χ3v) is 3.86. The van der Waals surface area contributed by atoms with Gasteiger partial charge in [-0.1, -0.05) is 19.9 Å². The van der Waals surface area contributed by atoms with Gasteiger partial charge in [0.15, 0.2) is 5.82 Å². The molecule has 23 heavy (non-hydrogen) atoms. The van der Waals surface area contributed by atoms with Gasteiger partial charge in [0.1, 0.15) is 0 Å². The molecule has 2 heterocycles. The minimum absolute atomic E-state index is 0.107. The van der Waals surface area contributed by atoms with E-state index in [0.29, 0.717) is 17.9 Å². The van der Waals surface area contributed by atoms with Crippen molar-refractivity contribution in [2.75, 3.05) is 13.2 Å². The second-order valence-electron chi connectivity index (χ2n) is 6.43. The van der Waals surface area contributed by atoms with Crippen LogP contribution in [-0.4, -0.2) is 38.9 Å². The van der Waals surface area contributed by atoms with E-state index in [1.165, 1.54) is 0 Å². The van der Waals surface area contributed by atoms with Crippen molar-refractivity contribution >= 4 is 5.91 Å². The number of aliphatic hydroxyl groups is 1. The lowest BCUT2D eigenvalue weighted by Gasteiger charge is -2.21. The summed E-state index contributed by atoms with van der Waals surface area (Å²) in [7, 11) is 0. The molecule has 0 aliphatic carbocycles. The smallest absolute Gasteiger partial charge is 0.254 e. The fourth-order valence-electron chi connectivity index (χ4n) is 2.29. The van der Waals surface area contributed by atoms with Gasteiger partial charge in [-0.15, -0.1) is 0 Å². The first kappa shape index (κ1) is 17.1. The van der Waals surface area contributed by atoms with Crippen LogP contribution in [0.15, 0.2) is 30.6 Å². The van der Waals surface area contributed by atoms with Crippen LogP contribution in [0.1, 0.15) is 42.7 Å². The van der Waals surface area contributed by atoms with Gasteiger partial charge in [-0.3, -0.25) is 4.79 Å². The highest BCUT2D eigenvalue weighted by molar-refractivity contribution is 5.95. The molecular formula is C17H24N4O2. The van der Waals surface area contributed by atoms with E-state index in [0.717, 1.165) is 18.5 Å². The fraction of sp³-hybridized carbons (Fsp3) is 0.471. The monoisotopic (exact) mass is 316 g/mol. The predicted octanol–water partition coefficient (Wildman–Crippen LogP) is 2.10. The van der Waals surface area contributed by atoms with Crippen molar-refractivity contribution < 1.29 is 9.90 Å². The van der Waals surface area contributed by atoms with Gasteiger partial charge in [-0.2, -0.15) is 5.10 Å². The molecule has 0 aliphatic rings. The first-order valence-electron chi connectivity index (χ1n) is 7.80. The van der Waals surface area contributed by atoms with Gasteiger partial charge in [-0.05, 0) is 37.3 Å². The Balaban J connectivity index is 1.95. The summed E-state index contributed by atoms with van der Waals surface area (Å²) in [5, 5.41) is 16.4. The van der Waals surface area contributed by atoms with Crippen LogP contribution in [0.2, 0.25) is 0 Å². The van der Waals surface area contributed by atoms with Crippen molar-refractivity contribution in [3.8, 4) is 5.82 Å². The van der Waals surface area contributed by atoms with Crippen LogP contribution in [0.3, 0.4) is 0 Å². The molecule has 0 spiro atoms. The summed E-state index contributed by atoms with van der Waals surface area (Å²) in [6, 6.07) is 5.56. The average Bonchev–Trinajstić information content (AvgIpc) is 2.94. The lowest BCUT2D eigenvalue weighted by molar-refractivity contribution is 0.0948. The number of carbonyl (C=O) groups is 1. The zero-order chi connectivity index (χ0) is 16.9. The average molecular weight is 316 g/mol. The van der Waals surface area contributed by atoms with Gasteiger partial charge in [0.25, 0.3) is 5.91 Å².